The van der Waals surface area contributed by atoms with Crippen LogP contribution in [0.5, 0.6) is 0 Å². The Bertz CT molecular complexity index is 763. The van der Waals surface area contributed by atoms with Gasteiger partial charge in [-0.15, -0.1) is 0 Å². The van der Waals surface area contributed by atoms with Gasteiger partial charge in [0.1, 0.15) is 17.4 Å². The van der Waals surface area contributed by atoms with Gasteiger partial charge in [-0.25, -0.2) is 0 Å². The topological polar surface area (TPSA) is 66.0 Å². The predicted molar refractivity (Wildman–Crippen MR) is 90.1 cm³/mol. The number of benzene rings is 1. The molecule has 0 unspecified atom stereocenters. The molecule has 4 nitrogen and oxygen atoms in total. The minimum absolute atomic E-state index is 0.100. The molecule has 0 aliphatic heterocycles. The van der Waals surface area contributed by atoms with Gasteiger partial charge in [-0.2, -0.15) is 5.26 Å². The number of anilines is 1. The van der Waals surface area contributed by atoms with Gasteiger partial charge < -0.3 is 9.73 Å². The lowest BCUT2D eigenvalue weighted by molar-refractivity contribution is -0.112. The van der Waals surface area contributed by atoms with Crippen LogP contribution in [0.3, 0.4) is 0 Å². The van der Waals surface area contributed by atoms with E-state index in [1.165, 1.54) is 6.08 Å². The van der Waals surface area contributed by atoms with E-state index in [0.717, 1.165) is 0 Å². The summed E-state index contributed by atoms with van der Waals surface area (Å²) in [6, 6.07) is 10.1. The molecule has 1 amide bonds. The Labute approximate surface area is 144 Å². The maximum Gasteiger partial charge on any atom is 0.266 e. The van der Waals surface area contributed by atoms with E-state index in [1.54, 1.807) is 30.3 Å². The Morgan fingerprint density at radius 2 is 2.10 bits per heavy atom. The fourth-order valence-corrected chi connectivity index (χ4v) is 2.27. The quantitative estimate of drug-likeness (QED) is 0.433. The normalized spacial score (nSPS) is 11.0. The third-order valence-electron chi connectivity index (χ3n) is 2.45. The van der Waals surface area contributed by atoms with Gasteiger partial charge in [-0.05, 0) is 46.9 Å². The van der Waals surface area contributed by atoms with Crippen LogP contribution in [0, 0.1) is 15.1 Å². The first kappa shape index (κ1) is 15.9. The summed E-state index contributed by atoms with van der Waals surface area (Å²) in [7, 11) is 0. The summed E-state index contributed by atoms with van der Waals surface area (Å²) in [6.45, 7) is 0. The maximum absolute atomic E-state index is 12.1. The Morgan fingerprint density at radius 3 is 2.71 bits per heavy atom. The third kappa shape index (κ3) is 4.00. The molecular formula is C14H7Cl2IN2O2. The smallest absolute Gasteiger partial charge is 0.266 e. The van der Waals surface area contributed by atoms with Gasteiger partial charge in [-0.1, -0.05) is 29.3 Å². The van der Waals surface area contributed by atoms with E-state index in [2.05, 4.69) is 5.32 Å². The second kappa shape index (κ2) is 6.98. The second-order valence-electron chi connectivity index (χ2n) is 3.87. The molecule has 21 heavy (non-hydrogen) atoms. The molecular weight excluding hydrogens is 426 g/mol. The number of nitriles is 1. The minimum atomic E-state index is -0.590. The van der Waals surface area contributed by atoms with Gasteiger partial charge in [-0.3, -0.25) is 4.79 Å². The Kier molecular flexibility index (Phi) is 5.28. The first-order chi connectivity index (χ1) is 10.0. The molecule has 0 spiro atoms. The summed E-state index contributed by atoms with van der Waals surface area (Å²) in [4.78, 5) is 12.1. The summed E-state index contributed by atoms with van der Waals surface area (Å²) in [5.74, 6) is -0.170. The van der Waals surface area contributed by atoms with Crippen LogP contribution < -0.4 is 5.32 Å². The van der Waals surface area contributed by atoms with Gasteiger partial charge in [0.05, 0.1) is 15.7 Å². The Hall–Kier alpha value is -1.49. The zero-order valence-electron chi connectivity index (χ0n) is 10.4. The van der Waals surface area contributed by atoms with Gasteiger partial charge in [0, 0.05) is 6.08 Å². The van der Waals surface area contributed by atoms with E-state index >= 15 is 0 Å². The number of nitrogens with one attached hydrogen (secondary N) is 1. The fourth-order valence-electron chi connectivity index (χ4n) is 1.49. The van der Waals surface area contributed by atoms with Crippen LogP contribution >= 0.6 is 45.8 Å². The fraction of sp³-hybridized carbons (Fsp3) is 0. The van der Waals surface area contributed by atoms with E-state index < -0.39 is 5.91 Å². The first-order valence-electron chi connectivity index (χ1n) is 5.63. The van der Waals surface area contributed by atoms with E-state index in [0.29, 0.717) is 20.2 Å². The van der Waals surface area contributed by atoms with E-state index in [-0.39, 0.29) is 10.6 Å². The van der Waals surface area contributed by atoms with Crippen molar-refractivity contribution in [1.82, 2.24) is 0 Å². The molecule has 2 rings (SSSR count). The zero-order chi connectivity index (χ0) is 15.4. The number of hydrogen-bond donors (Lipinski definition) is 1. The van der Waals surface area contributed by atoms with Crippen LogP contribution in [0.1, 0.15) is 5.76 Å². The summed E-state index contributed by atoms with van der Waals surface area (Å²) >= 11 is 13.8. The molecule has 7 heteroatoms. The number of halogens is 3. The number of hydrogen-bond acceptors (Lipinski definition) is 3. The second-order valence-corrected chi connectivity index (χ2v) is 5.72. The highest BCUT2D eigenvalue weighted by atomic mass is 127. The van der Waals surface area contributed by atoms with E-state index in [9.17, 15) is 4.79 Å². The lowest BCUT2D eigenvalue weighted by atomic mass is 10.2. The molecule has 0 radical (unpaired) electrons. The van der Waals surface area contributed by atoms with Crippen molar-refractivity contribution in [1.29, 1.82) is 5.26 Å². The Morgan fingerprint density at radius 1 is 1.33 bits per heavy atom. The number of amides is 1. The van der Waals surface area contributed by atoms with Crippen LogP contribution in [0.25, 0.3) is 6.08 Å². The van der Waals surface area contributed by atoms with Crippen molar-refractivity contribution in [3.05, 3.63) is 55.5 Å². The highest BCUT2D eigenvalue weighted by molar-refractivity contribution is 14.1. The SMILES string of the molecule is N#C/C(=C/c1ccc(I)o1)C(=O)Nc1cccc(Cl)c1Cl. The number of furan rings is 1. The molecule has 0 saturated heterocycles. The van der Waals surface area contributed by atoms with E-state index in [1.807, 2.05) is 28.7 Å². The molecule has 1 N–H and O–H groups in total. The molecule has 0 fully saturated rings. The largest absolute Gasteiger partial charge is 0.451 e. The van der Waals surface area contributed by atoms with Crippen LogP contribution in [-0.4, -0.2) is 5.91 Å². The minimum Gasteiger partial charge on any atom is -0.451 e. The molecule has 1 aromatic heterocycles. The van der Waals surface area contributed by atoms with Crippen LogP contribution in [-0.2, 0) is 4.79 Å². The average Bonchev–Trinajstić information content (AvgIpc) is 2.86. The molecule has 1 heterocycles. The van der Waals surface area contributed by atoms with Crippen LogP contribution in [0.4, 0.5) is 5.69 Å². The number of rotatable bonds is 3. The summed E-state index contributed by atoms with van der Waals surface area (Å²) < 4.78 is 5.95. The molecule has 1 aromatic carbocycles. The first-order valence-corrected chi connectivity index (χ1v) is 7.47. The summed E-state index contributed by atoms with van der Waals surface area (Å²) in [6.07, 6.45) is 1.36. The number of nitrogens with zero attached hydrogens (tertiary/aromatic N) is 1. The molecule has 0 saturated carbocycles. The standard InChI is InChI=1S/C14H7Cl2IN2O2/c15-10-2-1-3-11(13(10)16)19-14(20)8(7-18)6-9-4-5-12(17)21-9/h1-6H,(H,19,20)/b8-6-. The number of carbonyl (C=O) groups is 1. The van der Waals surface area contributed by atoms with Gasteiger partial charge in [0.15, 0.2) is 3.77 Å². The van der Waals surface area contributed by atoms with Gasteiger partial charge in [0.25, 0.3) is 5.91 Å². The summed E-state index contributed by atoms with van der Waals surface area (Å²) in [5, 5.41) is 12.2. The average molecular weight is 433 g/mol. The zero-order valence-corrected chi connectivity index (χ0v) is 14.0. The number of carbonyl (C=O) groups excluding carboxylic acids is 1. The molecule has 0 aliphatic carbocycles. The molecule has 0 bridgehead atoms. The van der Waals surface area contributed by atoms with Crippen molar-refractivity contribution in [3.63, 3.8) is 0 Å². The lowest BCUT2D eigenvalue weighted by Gasteiger charge is -2.07. The molecule has 0 atom stereocenters. The monoisotopic (exact) mass is 432 g/mol. The van der Waals surface area contributed by atoms with Crippen LogP contribution in [0.2, 0.25) is 10.0 Å². The predicted octanol–water partition coefficient (Wildman–Crippen LogP) is 4.74. The highest BCUT2D eigenvalue weighted by Crippen LogP contribution is 2.29. The van der Waals surface area contributed by atoms with Crippen molar-refractivity contribution in [3.8, 4) is 6.07 Å². The van der Waals surface area contributed by atoms with Crippen molar-refractivity contribution >= 4 is 63.5 Å². The van der Waals surface area contributed by atoms with Crippen molar-refractivity contribution in [2.45, 2.75) is 0 Å². The van der Waals surface area contributed by atoms with E-state index in [4.69, 9.17) is 32.9 Å². The highest BCUT2D eigenvalue weighted by Gasteiger charge is 2.13. The molecule has 106 valence electrons. The van der Waals surface area contributed by atoms with Gasteiger partial charge in [0.2, 0.25) is 0 Å². The lowest BCUT2D eigenvalue weighted by Crippen LogP contribution is -2.13. The molecule has 2 aromatic rings. The van der Waals surface area contributed by atoms with Crippen molar-refractivity contribution in [2.24, 2.45) is 0 Å². The van der Waals surface area contributed by atoms with Crippen molar-refractivity contribution in [2.75, 3.05) is 5.32 Å². The maximum atomic E-state index is 12.1. The summed E-state index contributed by atoms with van der Waals surface area (Å²) in [5.41, 5.74) is 0.237. The van der Waals surface area contributed by atoms with Gasteiger partial charge >= 0.3 is 0 Å². The molecule has 0 aliphatic rings. The van der Waals surface area contributed by atoms with Crippen molar-refractivity contribution < 1.29 is 9.21 Å². The third-order valence-corrected chi connectivity index (χ3v) is 3.84. The van der Waals surface area contributed by atoms with Crippen LogP contribution in [0.15, 0.2) is 40.3 Å². The Balaban J connectivity index is 2.24.